The van der Waals surface area contributed by atoms with Crippen molar-refractivity contribution in [2.24, 2.45) is 0 Å². The Balaban J connectivity index is 2.65. The SMILES string of the molecule is O[SiH](O)/C=C/c1ccccc1. The van der Waals surface area contributed by atoms with Crippen molar-refractivity contribution in [3.8, 4) is 0 Å². The van der Waals surface area contributed by atoms with E-state index in [4.69, 9.17) is 9.59 Å². The fraction of sp³-hybridized carbons (Fsp3) is 0. The summed E-state index contributed by atoms with van der Waals surface area (Å²) in [5.41, 5.74) is 2.45. The molecule has 0 heterocycles. The van der Waals surface area contributed by atoms with E-state index in [1.807, 2.05) is 30.3 Å². The van der Waals surface area contributed by atoms with Gasteiger partial charge in [0, 0.05) is 0 Å². The molecule has 1 aromatic rings. The predicted octanol–water partition coefficient (Wildman–Crippen LogP) is 0.444. The Labute approximate surface area is 67.3 Å². The zero-order chi connectivity index (χ0) is 8.10. The molecule has 2 nitrogen and oxygen atoms in total. The van der Waals surface area contributed by atoms with Gasteiger partial charge in [0.05, 0.1) is 0 Å². The lowest BCUT2D eigenvalue weighted by molar-refractivity contribution is 0.424. The van der Waals surface area contributed by atoms with Crippen molar-refractivity contribution >= 4 is 15.4 Å². The highest BCUT2D eigenvalue weighted by Gasteiger charge is 1.91. The summed E-state index contributed by atoms with van der Waals surface area (Å²) < 4.78 is 0. The first-order valence-electron chi connectivity index (χ1n) is 3.38. The molecule has 0 saturated heterocycles. The third-order valence-electron chi connectivity index (χ3n) is 1.26. The second-order valence-corrected chi connectivity index (χ2v) is 3.40. The first-order valence-corrected chi connectivity index (χ1v) is 5.08. The number of hydrogen-bond acceptors (Lipinski definition) is 2. The van der Waals surface area contributed by atoms with Gasteiger partial charge in [-0.25, -0.2) is 0 Å². The van der Waals surface area contributed by atoms with E-state index in [1.165, 1.54) is 5.70 Å². The topological polar surface area (TPSA) is 40.5 Å². The molecule has 0 saturated carbocycles. The molecule has 0 aliphatic heterocycles. The second kappa shape index (κ2) is 4.08. The van der Waals surface area contributed by atoms with E-state index in [0.717, 1.165) is 5.56 Å². The fourth-order valence-electron chi connectivity index (χ4n) is 0.761. The van der Waals surface area contributed by atoms with E-state index in [1.54, 1.807) is 6.08 Å². The van der Waals surface area contributed by atoms with Crippen molar-refractivity contribution < 1.29 is 9.59 Å². The molecule has 0 atom stereocenters. The molecule has 2 N–H and O–H groups in total. The maximum Gasteiger partial charge on any atom is 0.342 e. The monoisotopic (exact) mass is 166 g/mol. The van der Waals surface area contributed by atoms with Crippen LogP contribution < -0.4 is 0 Å². The van der Waals surface area contributed by atoms with Gasteiger partial charge in [0.15, 0.2) is 0 Å². The van der Waals surface area contributed by atoms with Gasteiger partial charge in [0.1, 0.15) is 0 Å². The Morgan fingerprint density at radius 2 is 1.73 bits per heavy atom. The standard InChI is InChI=1S/C8H10O2Si/c9-11(10)7-6-8-4-2-1-3-5-8/h1-7,9-11H/b7-6+. The maximum atomic E-state index is 8.62. The van der Waals surface area contributed by atoms with E-state index in [2.05, 4.69) is 0 Å². The van der Waals surface area contributed by atoms with Crippen LogP contribution in [-0.4, -0.2) is 18.9 Å². The van der Waals surface area contributed by atoms with Gasteiger partial charge in [-0.1, -0.05) is 36.4 Å². The van der Waals surface area contributed by atoms with Crippen molar-refractivity contribution in [1.82, 2.24) is 0 Å². The Bertz CT molecular complexity index is 231. The summed E-state index contributed by atoms with van der Waals surface area (Å²) in [6.45, 7) is 0. The quantitative estimate of drug-likeness (QED) is 0.626. The maximum absolute atomic E-state index is 8.62. The van der Waals surface area contributed by atoms with E-state index < -0.39 is 9.28 Å². The summed E-state index contributed by atoms with van der Waals surface area (Å²) >= 11 is 0. The van der Waals surface area contributed by atoms with Crippen molar-refractivity contribution in [2.45, 2.75) is 0 Å². The van der Waals surface area contributed by atoms with Crippen molar-refractivity contribution in [1.29, 1.82) is 0 Å². The van der Waals surface area contributed by atoms with Crippen LogP contribution in [0.25, 0.3) is 6.08 Å². The zero-order valence-corrected chi connectivity index (χ0v) is 7.17. The normalized spacial score (nSPS) is 11.2. The molecule has 3 heteroatoms. The molecule has 0 aromatic heterocycles. The van der Waals surface area contributed by atoms with Crippen molar-refractivity contribution in [3.05, 3.63) is 41.6 Å². The molecule has 1 aromatic carbocycles. The zero-order valence-electron chi connectivity index (χ0n) is 6.01. The molecule has 11 heavy (non-hydrogen) atoms. The summed E-state index contributed by atoms with van der Waals surface area (Å²) in [4.78, 5) is 17.2. The smallest absolute Gasteiger partial charge is 0.342 e. The molecule has 0 unspecified atom stereocenters. The van der Waals surface area contributed by atoms with Crippen LogP contribution in [0.5, 0.6) is 0 Å². The van der Waals surface area contributed by atoms with E-state index >= 15 is 0 Å². The lowest BCUT2D eigenvalue weighted by Crippen LogP contribution is -2.05. The Kier molecular flexibility index (Phi) is 3.04. The highest BCUT2D eigenvalue weighted by molar-refractivity contribution is 6.48. The molecule has 1 rings (SSSR count). The van der Waals surface area contributed by atoms with Crippen molar-refractivity contribution in [3.63, 3.8) is 0 Å². The molecule has 0 aliphatic rings. The van der Waals surface area contributed by atoms with Crippen LogP contribution in [-0.2, 0) is 0 Å². The molecule has 0 radical (unpaired) electrons. The molecule has 0 spiro atoms. The summed E-state index contributed by atoms with van der Waals surface area (Å²) in [6.07, 6.45) is 1.72. The minimum Gasteiger partial charge on any atom is -0.410 e. The van der Waals surface area contributed by atoms with Crippen LogP contribution in [0.15, 0.2) is 36.0 Å². The van der Waals surface area contributed by atoms with Crippen molar-refractivity contribution in [2.75, 3.05) is 0 Å². The molecule has 0 fully saturated rings. The van der Waals surface area contributed by atoms with Gasteiger partial charge in [-0.3, -0.25) is 0 Å². The van der Waals surface area contributed by atoms with Gasteiger partial charge in [-0.2, -0.15) is 0 Å². The van der Waals surface area contributed by atoms with Gasteiger partial charge in [-0.15, -0.1) is 0 Å². The third kappa shape index (κ3) is 3.13. The molecular formula is C8H10O2Si. The molecule has 0 aliphatic carbocycles. The van der Waals surface area contributed by atoms with Crippen LogP contribution >= 0.6 is 0 Å². The van der Waals surface area contributed by atoms with Crippen LogP contribution in [0.1, 0.15) is 5.56 Å². The van der Waals surface area contributed by atoms with Gasteiger partial charge >= 0.3 is 9.28 Å². The van der Waals surface area contributed by atoms with Gasteiger partial charge in [0.25, 0.3) is 0 Å². The average Bonchev–Trinajstić information content (AvgIpc) is 2.03. The predicted molar refractivity (Wildman–Crippen MR) is 47.1 cm³/mol. The van der Waals surface area contributed by atoms with E-state index in [-0.39, 0.29) is 0 Å². The van der Waals surface area contributed by atoms with Gasteiger partial charge in [0.2, 0.25) is 0 Å². The molecular weight excluding hydrogens is 156 g/mol. The van der Waals surface area contributed by atoms with Crippen LogP contribution in [0.4, 0.5) is 0 Å². The number of hydrogen-bond donors (Lipinski definition) is 2. The molecule has 58 valence electrons. The Hall–Kier alpha value is -0.903. The highest BCUT2D eigenvalue weighted by atomic mass is 28.3. The summed E-state index contributed by atoms with van der Waals surface area (Å²) in [5, 5.41) is 0. The minimum atomic E-state index is -2.52. The first-order chi connectivity index (χ1) is 5.29. The van der Waals surface area contributed by atoms with E-state index in [9.17, 15) is 0 Å². The van der Waals surface area contributed by atoms with Crippen LogP contribution in [0.3, 0.4) is 0 Å². The second-order valence-electron chi connectivity index (χ2n) is 2.18. The van der Waals surface area contributed by atoms with Crippen LogP contribution in [0, 0.1) is 0 Å². The summed E-state index contributed by atoms with van der Waals surface area (Å²) in [6, 6.07) is 9.56. The average molecular weight is 166 g/mol. The molecule has 0 bridgehead atoms. The first kappa shape index (κ1) is 8.20. The minimum absolute atomic E-state index is 0.994. The lowest BCUT2D eigenvalue weighted by Gasteiger charge is -1.91. The number of rotatable bonds is 2. The lowest BCUT2D eigenvalue weighted by atomic mass is 10.2. The summed E-state index contributed by atoms with van der Waals surface area (Å²) in [7, 11) is -2.52. The van der Waals surface area contributed by atoms with Gasteiger partial charge < -0.3 is 9.59 Å². The van der Waals surface area contributed by atoms with Crippen LogP contribution in [0.2, 0.25) is 0 Å². The Morgan fingerprint density at radius 3 is 2.27 bits per heavy atom. The highest BCUT2D eigenvalue weighted by Crippen LogP contribution is 2.00. The number of benzene rings is 1. The largest absolute Gasteiger partial charge is 0.410 e. The van der Waals surface area contributed by atoms with Gasteiger partial charge in [-0.05, 0) is 11.3 Å². The van der Waals surface area contributed by atoms with E-state index in [0.29, 0.717) is 0 Å². The summed E-state index contributed by atoms with van der Waals surface area (Å²) in [5.74, 6) is 0. The molecule has 0 amide bonds. The third-order valence-corrected chi connectivity index (χ3v) is 1.80. The fourth-order valence-corrected chi connectivity index (χ4v) is 1.16. The Morgan fingerprint density at radius 1 is 1.09 bits per heavy atom.